The van der Waals surface area contributed by atoms with Crippen LogP contribution >= 0.6 is 0 Å². The Bertz CT molecular complexity index is 394. The fourth-order valence-corrected chi connectivity index (χ4v) is 0.877. The highest BCUT2D eigenvalue weighted by Crippen LogP contribution is 2.03. The summed E-state index contributed by atoms with van der Waals surface area (Å²) in [5.74, 6) is -0.210. The molecule has 0 saturated heterocycles. The van der Waals surface area contributed by atoms with E-state index in [0.717, 1.165) is 0 Å². The van der Waals surface area contributed by atoms with Crippen LogP contribution in [0.2, 0.25) is 0 Å². The molecule has 0 saturated carbocycles. The van der Waals surface area contributed by atoms with Gasteiger partial charge in [-0.1, -0.05) is 0 Å². The molecular formula is C6H5FN4. The number of nitrogen functional groups attached to an aromatic ring is 1. The van der Waals surface area contributed by atoms with Crippen LogP contribution in [0.4, 0.5) is 10.2 Å². The first-order chi connectivity index (χ1) is 5.25. The Morgan fingerprint density at radius 2 is 2.27 bits per heavy atom. The number of nitrogens with two attached hydrogens (primary N) is 1. The molecule has 0 aliphatic carbocycles. The number of halogens is 1. The number of hydrogen-bond donors (Lipinski definition) is 1. The fourth-order valence-electron chi connectivity index (χ4n) is 0.877. The lowest BCUT2D eigenvalue weighted by atomic mass is 10.5. The zero-order valence-corrected chi connectivity index (χ0v) is 5.53. The van der Waals surface area contributed by atoms with Gasteiger partial charge in [-0.2, -0.15) is 4.39 Å². The molecule has 2 aromatic heterocycles. The van der Waals surface area contributed by atoms with E-state index >= 15 is 0 Å². The van der Waals surface area contributed by atoms with Gasteiger partial charge in [0.2, 0.25) is 5.95 Å². The fraction of sp³-hybridized carbons (Fsp3) is 0. The van der Waals surface area contributed by atoms with E-state index in [0.29, 0.717) is 11.5 Å². The highest BCUT2D eigenvalue weighted by molar-refractivity contribution is 5.44. The van der Waals surface area contributed by atoms with Crippen molar-refractivity contribution in [3.8, 4) is 0 Å². The van der Waals surface area contributed by atoms with E-state index in [1.807, 2.05) is 0 Å². The molecule has 0 aliphatic rings. The van der Waals surface area contributed by atoms with Crippen molar-refractivity contribution < 1.29 is 4.39 Å². The van der Waals surface area contributed by atoms with Gasteiger partial charge in [0.1, 0.15) is 5.82 Å². The number of aromatic nitrogens is 3. The predicted molar refractivity (Wildman–Crippen MR) is 37.4 cm³/mol. The first-order valence-electron chi connectivity index (χ1n) is 3.03. The summed E-state index contributed by atoms with van der Waals surface area (Å²) in [6, 6.07) is 2.75. The van der Waals surface area contributed by atoms with Gasteiger partial charge in [-0.25, -0.2) is 9.50 Å². The van der Waals surface area contributed by atoms with Gasteiger partial charge in [0.25, 0.3) is 0 Å². The molecule has 0 radical (unpaired) electrons. The van der Waals surface area contributed by atoms with Gasteiger partial charge in [0.05, 0.1) is 6.20 Å². The number of imidazole rings is 1. The van der Waals surface area contributed by atoms with Gasteiger partial charge in [0.15, 0.2) is 5.65 Å². The van der Waals surface area contributed by atoms with Crippen LogP contribution < -0.4 is 5.73 Å². The van der Waals surface area contributed by atoms with E-state index in [1.165, 1.54) is 22.8 Å². The minimum absolute atomic E-state index is 0.336. The smallest absolute Gasteiger partial charge is 0.231 e. The Labute approximate surface area is 61.5 Å². The van der Waals surface area contributed by atoms with Gasteiger partial charge in [0, 0.05) is 0 Å². The Morgan fingerprint density at radius 1 is 1.45 bits per heavy atom. The molecule has 5 heteroatoms. The number of fused-ring (bicyclic) bond motifs is 1. The third-order valence-electron chi connectivity index (χ3n) is 1.31. The molecule has 0 aromatic carbocycles. The van der Waals surface area contributed by atoms with Crippen molar-refractivity contribution in [2.75, 3.05) is 5.73 Å². The maximum Gasteiger partial charge on any atom is 0.231 e. The highest BCUT2D eigenvalue weighted by atomic mass is 19.1. The molecule has 56 valence electrons. The second-order valence-electron chi connectivity index (χ2n) is 2.12. The molecule has 0 aliphatic heterocycles. The zero-order valence-electron chi connectivity index (χ0n) is 5.53. The van der Waals surface area contributed by atoms with Gasteiger partial charge in [-0.3, -0.25) is 0 Å². The van der Waals surface area contributed by atoms with Gasteiger partial charge >= 0.3 is 0 Å². The van der Waals surface area contributed by atoms with Crippen LogP contribution in [-0.4, -0.2) is 14.6 Å². The first-order valence-corrected chi connectivity index (χ1v) is 3.03. The quantitative estimate of drug-likeness (QED) is 0.596. The van der Waals surface area contributed by atoms with E-state index in [1.54, 1.807) is 0 Å². The van der Waals surface area contributed by atoms with Crippen molar-refractivity contribution in [2.24, 2.45) is 0 Å². The van der Waals surface area contributed by atoms with Crippen molar-refractivity contribution in [2.45, 2.75) is 0 Å². The summed E-state index contributed by atoms with van der Waals surface area (Å²) in [5.41, 5.74) is 5.89. The van der Waals surface area contributed by atoms with Crippen molar-refractivity contribution >= 4 is 11.5 Å². The van der Waals surface area contributed by atoms with E-state index in [2.05, 4.69) is 10.1 Å². The molecule has 4 nitrogen and oxygen atoms in total. The molecular weight excluding hydrogens is 147 g/mol. The summed E-state index contributed by atoms with van der Waals surface area (Å²) in [6.45, 7) is 0. The number of hydrogen-bond acceptors (Lipinski definition) is 3. The maximum atomic E-state index is 12.4. The third-order valence-corrected chi connectivity index (χ3v) is 1.31. The normalized spacial score (nSPS) is 10.6. The molecule has 2 rings (SSSR count). The van der Waals surface area contributed by atoms with Crippen LogP contribution in [-0.2, 0) is 0 Å². The van der Waals surface area contributed by atoms with E-state index in [-0.39, 0.29) is 0 Å². The Hall–Kier alpha value is -1.65. The number of anilines is 1. The van der Waals surface area contributed by atoms with Crippen LogP contribution in [0.25, 0.3) is 5.65 Å². The maximum absolute atomic E-state index is 12.4. The summed E-state index contributed by atoms with van der Waals surface area (Å²) < 4.78 is 13.7. The van der Waals surface area contributed by atoms with Crippen molar-refractivity contribution in [1.82, 2.24) is 14.6 Å². The van der Waals surface area contributed by atoms with Crippen molar-refractivity contribution in [1.29, 1.82) is 0 Å². The lowest BCUT2D eigenvalue weighted by molar-refractivity contribution is 0.555. The van der Waals surface area contributed by atoms with Gasteiger partial charge in [-0.15, -0.1) is 5.10 Å². The molecule has 0 unspecified atom stereocenters. The molecule has 0 fully saturated rings. The average Bonchev–Trinajstić information content (AvgIpc) is 2.27. The van der Waals surface area contributed by atoms with E-state index in [9.17, 15) is 4.39 Å². The molecule has 0 bridgehead atoms. The Balaban J connectivity index is 2.82. The van der Waals surface area contributed by atoms with Gasteiger partial charge < -0.3 is 5.73 Å². The Kier molecular flexibility index (Phi) is 1.06. The van der Waals surface area contributed by atoms with Gasteiger partial charge in [-0.05, 0) is 12.1 Å². The number of nitrogens with zero attached hydrogens (tertiary/aromatic N) is 3. The van der Waals surface area contributed by atoms with Crippen LogP contribution in [0.3, 0.4) is 0 Å². The molecule has 2 aromatic rings. The van der Waals surface area contributed by atoms with Crippen LogP contribution in [0.1, 0.15) is 0 Å². The highest BCUT2D eigenvalue weighted by Gasteiger charge is 1.98. The number of rotatable bonds is 0. The monoisotopic (exact) mass is 152 g/mol. The minimum Gasteiger partial charge on any atom is -0.382 e. The van der Waals surface area contributed by atoms with E-state index in [4.69, 9.17) is 5.73 Å². The molecule has 0 atom stereocenters. The largest absolute Gasteiger partial charge is 0.382 e. The summed E-state index contributed by atoms with van der Waals surface area (Å²) in [5, 5.41) is 3.50. The lowest BCUT2D eigenvalue weighted by Gasteiger charge is -1.88. The summed E-state index contributed by atoms with van der Waals surface area (Å²) in [4.78, 5) is 3.87. The van der Waals surface area contributed by atoms with Crippen LogP contribution in [0.5, 0.6) is 0 Å². The topological polar surface area (TPSA) is 56.2 Å². The van der Waals surface area contributed by atoms with Crippen molar-refractivity contribution in [3.05, 3.63) is 24.3 Å². The average molecular weight is 152 g/mol. The molecule has 2 N–H and O–H groups in total. The summed E-state index contributed by atoms with van der Waals surface area (Å²) in [7, 11) is 0. The zero-order chi connectivity index (χ0) is 7.84. The SMILES string of the molecule is Nc1cn2nc(F)ccc2n1. The molecule has 0 spiro atoms. The van der Waals surface area contributed by atoms with Crippen molar-refractivity contribution in [3.63, 3.8) is 0 Å². The molecule has 2 heterocycles. The minimum atomic E-state index is -0.546. The second-order valence-corrected chi connectivity index (χ2v) is 2.12. The summed E-state index contributed by atoms with van der Waals surface area (Å²) >= 11 is 0. The molecule has 11 heavy (non-hydrogen) atoms. The molecule has 0 amide bonds. The van der Waals surface area contributed by atoms with Crippen LogP contribution in [0.15, 0.2) is 18.3 Å². The summed E-state index contributed by atoms with van der Waals surface area (Å²) in [6.07, 6.45) is 1.46. The lowest BCUT2D eigenvalue weighted by Crippen LogP contribution is -1.92. The second kappa shape index (κ2) is 1.91. The van der Waals surface area contributed by atoms with Crippen LogP contribution in [0, 0.1) is 5.95 Å². The van der Waals surface area contributed by atoms with E-state index < -0.39 is 5.95 Å². The third kappa shape index (κ3) is 0.899. The first kappa shape index (κ1) is 6.09. The Morgan fingerprint density at radius 3 is 3.09 bits per heavy atom. The predicted octanol–water partition coefficient (Wildman–Crippen LogP) is 0.451. The standard InChI is InChI=1S/C6H5FN4/c7-4-1-2-6-9-5(8)3-11(6)10-4/h1-3H,8H2.